The first kappa shape index (κ1) is 22.3. The van der Waals surface area contributed by atoms with Crippen molar-refractivity contribution in [2.75, 3.05) is 18.0 Å². The number of aryl methyl sites for hydroxylation is 1. The molecule has 6 nitrogen and oxygen atoms in total. The van der Waals surface area contributed by atoms with Gasteiger partial charge in [0.2, 0.25) is 0 Å². The van der Waals surface area contributed by atoms with E-state index in [4.69, 9.17) is 0 Å². The molecule has 1 saturated heterocycles. The van der Waals surface area contributed by atoms with Gasteiger partial charge in [0, 0.05) is 49.7 Å². The summed E-state index contributed by atoms with van der Waals surface area (Å²) in [7, 11) is 1.89. The zero-order valence-electron chi connectivity index (χ0n) is 18.8. The lowest BCUT2D eigenvalue weighted by Crippen LogP contribution is -2.42. The van der Waals surface area contributed by atoms with Gasteiger partial charge in [0.15, 0.2) is 5.82 Å². The highest BCUT2D eigenvalue weighted by molar-refractivity contribution is 5.99. The maximum atomic E-state index is 12.7. The smallest absolute Gasteiger partial charge is 0.354 e. The Labute approximate surface area is 195 Å². The van der Waals surface area contributed by atoms with E-state index in [1.54, 1.807) is 10.9 Å². The van der Waals surface area contributed by atoms with E-state index in [2.05, 4.69) is 37.6 Å². The molecule has 34 heavy (non-hydrogen) atoms. The molecule has 176 valence electrons. The quantitative estimate of drug-likeness (QED) is 0.458. The first-order valence-electron chi connectivity index (χ1n) is 11.3. The molecule has 1 aliphatic rings. The molecule has 3 heterocycles. The molecule has 2 aromatic heterocycles. The molecule has 0 radical (unpaired) electrons. The summed E-state index contributed by atoms with van der Waals surface area (Å²) in [6.07, 6.45) is -0.718. The first-order valence-corrected chi connectivity index (χ1v) is 11.3. The molecule has 0 unspecified atom stereocenters. The first-order chi connectivity index (χ1) is 16.4. The minimum absolute atomic E-state index is 0.298. The van der Waals surface area contributed by atoms with Crippen LogP contribution in [0.1, 0.15) is 24.0 Å². The molecular formula is C25H25F3N6. The topological polar surface area (TPSA) is 58.9 Å². The summed E-state index contributed by atoms with van der Waals surface area (Å²) in [5, 5.41) is 19.0. The average molecular weight is 467 g/mol. The number of fused-ring (bicyclic) bond motifs is 1. The predicted molar refractivity (Wildman–Crippen MR) is 125 cm³/mol. The molecule has 0 spiro atoms. The summed E-state index contributed by atoms with van der Waals surface area (Å²) in [6, 6.07) is 15.7. The van der Waals surface area contributed by atoms with Crippen LogP contribution in [0.4, 0.5) is 19.0 Å². The molecule has 1 N–H and O–H groups in total. The Bertz CT molecular complexity index is 1270. The van der Waals surface area contributed by atoms with Crippen LogP contribution in [0.5, 0.6) is 0 Å². The standard InChI is InChI=1S/C25H25F3N6/c1-33-22(10-13-30-33)23-20-4-2-3-5-21(20)24(32-31-23)34-14-11-19(12-15-34)29-16-17-6-8-18(9-7-17)25(26,27)28/h2-10,13,19,29H,11-12,14-16H2,1H3. The van der Waals surface area contributed by atoms with Crippen LogP contribution in [0.3, 0.4) is 0 Å². The Morgan fingerprint density at radius 1 is 0.941 bits per heavy atom. The fourth-order valence-corrected chi connectivity index (χ4v) is 4.49. The lowest BCUT2D eigenvalue weighted by molar-refractivity contribution is -0.137. The highest BCUT2D eigenvalue weighted by atomic mass is 19.4. The summed E-state index contributed by atoms with van der Waals surface area (Å²) < 4.78 is 40.0. The summed E-state index contributed by atoms with van der Waals surface area (Å²) in [4.78, 5) is 2.26. The number of aromatic nitrogens is 4. The number of benzene rings is 2. The number of hydrogen-bond donors (Lipinski definition) is 1. The van der Waals surface area contributed by atoms with Crippen molar-refractivity contribution >= 4 is 16.6 Å². The SMILES string of the molecule is Cn1nccc1-c1nnc(N2CCC(NCc3ccc(C(F)(F)F)cc3)CC2)c2ccccc12. The van der Waals surface area contributed by atoms with Gasteiger partial charge in [0.1, 0.15) is 5.69 Å². The van der Waals surface area contributed by atoms with Crippen molar-refractivity contribution in [3.05, 3.63) is 71.9 Å². The number of hydrogen-bond acceptors (Lipinski definition) is 5. The van der Waals surface area contributed by atoms with Crippen LogP contribution >= 0.6 is 0 Å². The van der Waals surface area contributed by atoms with Gasteiger partial charge in [-0.15, -0.1) is 10.2 Å². The molecule has 0 amide bonds. The maximum Gasteiger partial charge on any atom is 0.416 e. The van der Waals surface area contributed by atoms with E-state index in [0.717, 1.165) is 71.6 Å². The van der Waals surface area contributed by atoms with Crippen LogP contribution < -0.4 is 10.2 Å². The van der Waals surface area contributed by atoms with Gasteiger partial charge in [0.05, 0.1) is 11.3 Å². The number of anilines is 1. The van der Waals surface area contributed by atoms with Gasteiger partial charge < -0.3 is 10.2 Å². The van der Waals surface area contributed by atoms with E-state index < -0.39 is 11.7 Å². The van der Waals surface area contributed by atoms with Gasteiger partial charge in [-0.2, -0.15) is 18.3 Å². The predicted octanol–water partition coefficient (Wildman–Crippen LogP) is 4.81. The fourth-order valence-electron chi connectivity index (χ4n) is 4.49. The second-order valence-electron chi connectivity index (χ2n) is 8.59. The summed E-state index contributed by atoms with van der Waals surface area (Å²) in [5.74, 6) is 0.878. The lowest BCUT2D eigenvalue weighted by Gasteiger charge is -2.33. The molecular weight excluding hydrogens is 441 g/mol. The minimum Gasteiger partial charge on any atom is -0.354 e. The van der Waals surface area contributed by atoms with Crippen molar-refractivity contribution < 1.29 is 13.2 Å². The Hall–Kier alpha value is -3.46. The number of rotatable bonds is 5. The highest BCUT2D eigenvalue weighted by Crippen LogP contribution is 2.32. The minimum atomic E-state index is -4.30. The van der Waals surface area contributed by atoms with E-state index in [-0.39, 0.29) is 0 Å². The second-order valence-corrected chi connectivity index (χ2v) is 8.59. The molecule has 0 atom stereocenters. The van der Waals surface area contributed by atoms with Crippen molar-refractivity contribution in [1.29, 1.82) is 0 Å². The van der Waals surface area contributed by atoms with Crippen LogP contribution in [0.15, 0.2) is 60.8 Å². The van der Waals surface area contributed by atoms with Crippen LogP contribution in [-0.2, 0) is 19.8 Å². The van der Waals surface area contributed by atoms with Crippen LogP contribution in [-0.4, -0.2) is 39.1 Å². The third-order valence-electron chi connectivity index (χ3n) is 6.40. The van der Waals surface area contributed by atoms with E-state index in [0.29, 0.717) is 12.6 Å². The van der Waals surface area contributed by atoms with E-state index in [1.165, 1.54) is 12.1 Å². The number of alkyl halides is 3. The van der Waals surface area contributed by atoms with E-state index in [1.807, 2.05) is 25.2 Å². The molecule has 0 saturated carbocycles. The third kappa shape index (κ3) is 4.48. The van der Waals surface area contributed by atoms with Crippen molar-refractivity contribution in [3.63, 3.8) is 0 Å². The maximum absolute atomic E-state index is 12.7. The summed E-state index contributed by atoms with van der Waals surface area (Å²) in [6.45, 7) is 2.20. The fraction of sp³-hybridized carbons (Fsp3) is 0.320. The number of nitrogens with one attached hydrogen (secondary N) is 1. The molecule has 4 aromatic rings. The van der Waals surface area contributed by atoms with Crippen molar-refractivity contribution in [1.82, 2.24) is 25.3 Å². The van der Waals surface area contributed by atoms with Crippen LogP contribution in [0.25, 0.3) is 22.2 Å². The molecule has 0 aliphatic carbocycles. The van der Waals surface area contributed by atoms with Gasteiger partial charge in [0.25, 0.3) is 0 Å². The molecule has 5 rings (SSSR count). The van der Waals surface area contributed by atoms with E-state index in [9.17, 15) is 13.2 Å². The van der Waals surface area contributed by atoms with Crippen LogP contribution in [0, 0.1) is 0 Å². The zero-order valence-corrected chi connectivity index (χ0v) is 18.8. The molecule has 2 aromatic carbocycles. The summed E-state index contributed by atoms with van der Waals surface area (Å²) in [5.41, 5.74) is 1.96. The Balaban J connectivity index is 1.25. The number of halogens is 3. The van der Waals surface area contributed by atoms with Gasteiger partial charge in [-0.25, -0.2) is 0 Å². The zero-order chi connectivity index (χ0) is 23.7. The lowest BCUT2D eigenvalue weighted by atomic mass is 10.0. The summed E-state index contributed by atoms with van der Waals surface area (Å²) >= 11 is 0. The monoisotopic (exact) mass is 466 g/mol. The highest BCUT2D eigenvalue weighted by Gasteiger charge is 2.30. The van der Waals surface area contributed by atoms with Gasteiger partial charge in [-0.1, -0.05) is 36.4 Å². The average Bonchev–Trinajstić information content (AvgIpc) is 3.27. The van der Waals surface area contributed by atoms with Crippen molar-refractivity contribution in [2.24, 2.45) is 7.05 Å². The van der Waals surface area contributed by atoms with Crippen LogP contribution in [0.2, 0.25) is 0 Å². The largest absolute Gasteiger partial charge is 0.416 e. The van der Waals surface area contributed by atoms with Gasteiger partial charge in [-0.05, 0) is 36.6 Å². The van der Waals surface area contributed by atoms with Crippen molar-refractivity contribution in [2.45, 2.75) is 31.6 Å². The van der Waals surface area contributed by atoms with E-state index >= 15 is 0 Å². The third-order valence-corrected chi connectivity index (χ3v) is 6.40. The molecule has 1 fully saturated rings. The van der Waals surface area contributed by atoms with Gasteiger partial charge >= 0.3 is 6.18 Å². The second kappa shape index (κ2) is 9.06. The normalized spacial score (nSPS) is 15.2. The Morgan fingerprint density at radius 3 is 2.29 bits per heavy atom. The molecule has 1 aliphatic heterocycles. The molecule has 9 heteroatoms. The van der Waals surface area contributed by atoms with Gasteiger partial charge in [-0.3, -0.25) is 4.68 Å². The Morgan fingerprint density at radius 2 is 1.65 bits per heavy atom. The molecule has 0 bridgehead atoms. The van der Waals surface area contributed by atoms with Crippen molar-refractivity contribution in [3.8, 4) is 11.4 Å². The number of piperidine rings is 1. The Kier molecular flexibility index (Phi) is 5.95. The number of nitrogens with zero attached hydrogens (tertiary/aromatic N) is 5.